The van der Waals surface area contributed by atoms with Gasteiger partial charge >= 0.3 is 0 Å². The summed E-state index contributed by atoms with van der Waals surface area (Å²) in [4.78, 5) is 25.2. The van der Waals surface area contributed by atoms with Gasteiger partial charge in [-0.05, 0) is 29.8 Å². The van der Waals surface area contributed by atoms with Crippen LogP contribution in [0.5, 0.6) is 5.88 Å². The van der Waals surface area contributed by atoms with Crippen molar-refractivity contribution in [3.63, 3.8) is 0 Å². The first-order chi connectivity index (χ1) is 13.5. The van der Waals surface area contributed by atoms with Gasteiger partial charge in [0.05, 0.1) is 30.4 Å². The summed E-state index contributed by atoms with van der Waals surface area (Å²) < 4.78 is 5.18. The maximum atomic E-state index is 13.3. The Kier molecular flexibility index (Phi) is 6.08. The number of Topliss-reactive ketones (excluding diaryl/α,β-unsaturated/α-hetero) is 1. The summed E-state index contributed by atoms with van der Waals surface area (Å²) in [5, 5.41) is 20.1. The van der Waals surface area contributed by atoms with Crippen molar-refractivity contribution in [1.29, 1.82) is 5.41 Å². The van der Waals surface area contributed by atoms with Crippen LogP contribution in [0.15, 0.2) is 61.3 Å². The van der Waals surface area contributed by atoms with Gasteiger partial charge < -0.3 is 15.3 Å². The number of hydrogen-bond donors (Lipinski definition) is 2. The third-order valence-corrected chi connectivity index (χ3v) is 4.47. The van der Waals surface area contributed by atoms with Crippen LogP contribution in [0.1, 0.15) is 27.6 Å². The Morgan fingerprint density at radius 3 is 2.50 bits per heavy atom. The number of carbonyl (C=O) groups is 1. The summed E-state index contributed by atoms with van der Waals surface area (Å²) in [6.45, 7) is 0. The van der Waals surface area contributed by atoms with Crippen molar-refractivity contribution in [3.8, 4) is 5.88 Å². The Hall–Kier alpha value is -3.16. The van der Waals surface area contributed by atoms with E-state index >= 15 is 0 Å². The average molecular weight is 397 g/mol. The largest absolute Gasteiger partial charge is 0.480 e. The molecule has 0 saturated heterocycles. The van der Waals surface area contributed by atoms with E-state index in [1.54, 1.807) is 36.4 Å². The molecular formula is C20H17ClN4O3. The number of aliphatic hydroxyl groups excluding tert-OH is 1. The van der Waals surface area contributed by atoms with Crippen LogP contribution in [-0.2, 0) is 0 Å². The molecule has 2 aromatic heterocycles. The number of ketones is 1. The molecule has 2 heterocycles. The number of aromatic nitrogens is 3. The number of hydrogen-bond acceptors (Lipinski definition) is 7. The molecule has 2 N–H and O–H groups in total. The average Bonchev–Trinajstić information content (AvgIpc) is 2.74. The van der Waals surface area contributed by atoms with Gasteiger partial charge in [0.1, 0.15) is 6.33 Å². The highest BCUT2D eigenvalue weighted by molar-refractivity contribution is 6.30. The van der Waals surface area contributed by atoms with Gasteiger partial charge in [-0.2, -0.15) is 0 Å². The van der Waals surface area contributed by atoms with Crippen molar-refractivity contribution >= 4 is 23.1 Å². The SMILES string of the molecule is COc1ncccc1C(=O)C(C(=N)c1ccc(Cl)cc1)C(O)c1cncnc1. The lowest BCUT2D eigenvalue weighted by atomic mass is 9.83. The van der Waals surface area contributed by atoms with E-state index < -0.39 is 17.8 Å². The quantitative estimate of drug-likeness (QED) is 0.469. The minimum absolute atomic E-state index is 0.0658. The molecule has 0 saturated carbocycles. The third kappa shape index (κ3) is 4.05. The lowest BCUT2D eigenvalue weighted by molar-refractivity contribution is 0.0789. The molecule has 0 spiro atoms. The molecule has 7 nitrogen and oxygen atoms in total. The van der Waals surface area contributed by atoms with Crippen molar-refractivity contribution in [2.75, 3.05) is 7.11 Å². The molecular weight excluding hydrogens is 380 g/mol. The number of benzene rings is 1. The number of ether oxygens (including phenoxy) is 1. The number of aliphatic hydroxyl groups is 1. The van der Waals surface area contributed by atoms with E-state index in [0.29, 0.717) is 16.1 Å². The zero-order chi connectivity index (χ0) is 20.1. The van der Waals surface area contributed by atoms with Gasteiger partial charge in [0.15, 0.2) is 5.78 Å². The summed E-state index contributed by atoms with van der Waals surface area (Å²) in [6, 6.07) is 9.63. The van der Waals surface area contributed by atoms with E-state index in [2.05, 4.69) is 15.0 Å². The van der Waals surface area contributed by atoms with E-state index in [-0.39, 0.29) is 17.2 Å². The molecule has 0 bridgehead atoms. The predicted molar refractivity (Wildman–Crippen MR) is 104 cm³/mol. The summed E-state index contributed by atoms with van der Waals surface area (Å²) in [5.74, 6) is -1.59. The zero-order valence-electron chi connectivity index (χ0n) is 14.9. The molecule has 0 aliphatic heterocycles. The summed E-state index contributed by atoms with van der Waals surface area (Å²) in [5.41, 5.74) is 0.887. The van der Waals surface area contributed by atoms with E-state index in [1.807, 2.05) is 0 Å². The highest BCUT2D eigenvalue weighted by Crippen LogP contribution is 2.30. The van der Waals surface area contributed by atoms with Crippen LogP contribution in [-0.4, -0.2) is 38.7 Å². The molecule has 0 aliphatic carbocycles. The van der Waals surface area contributed by atoms with Crippen LogP contribution >= 0.6 is 11.6 Å². The fraction of sp³-hybridized carbons (Fsp3) is 0.150. The third-order valence-electron chi connectivity index (χ3n) is 4.22. The lowest BCUT2D eigenvalue weighted by Crippen LogP contribution is -2.31. The fourth-order valence-corrected chi connectivity index (χ4v) is 2.93. The minimum atomic E-state index is -1.33. The molecule has 2 atom stereocenters. The molecule has 0 amide bonds. The van der Waals surface area contributed by atoms with E-state index in [1.165, 1.54) is 32.0 Å². The predicted octanol–water partition coefficient (Wildman–Crippen LogP) is 3.13. The minimum Gasteiger partial charge on any atom is -0.480 e. The van der Waals surface area contributed by atoms with Crippen LogP contribution in [0.25, 0.3) is 0 Å². The first-order valence-electron chi connectivity index (χ1n) is 8.33. The second-order valence-electron chi connectivity index (χ2n) is 5.94. The number of rotatable bonds is 7. The molecule has 1 aromatic carbocycles. The van der Waals surface area contributed by atoms with Gasteiger partial charge in [0, 0.05) is 29.2 Å². The smallest absolute Gasteiger partial charge is 0.224 e. The number of methoxy groups -OCH3 is 1. The topological polar surface area (TPSA) is 109 Å². The van der Waals surface area contributed by atoms with Gasteiger partial charge in [0.2, 0.25) is 5.88 Å². The van der Waals surface area contributed by atoms with E-state index in [0.717, 1.165) is 0 Å². The summed E-state index contributed by atoms with van der Waals surface area (Å²) in [7, 11) is 1.40. The van der Waals surface area contributed by atoms with Gasteiger partial charge in [0.25, 0.3) is 0 Å². The van der Waals surface area contributed by atoms with Crippen LogP contribution in [0.3, 0.4) is 0 Å². The Morgan fingerprint density at radius 2 is 1.86 bits per heavy atom. The first-order valence-corrected chi connectivity index (χ1v) is 8.71. The molecule has 28 heavy (non-hydrogen) atoms. The Morgan fingerprint density at radius 1 is 1.18 bits per heavy atom. The number of pyridine rings is 1. The molecule has 2 unspecified atom stereocenters. The van der Waals surface area contributed by atoms with Crippen molar-refractivity contribution < 1.29 is 14.6 Å². The summed E-state index contributed by atoms with van der Waals surface area (Å²) in [6.07, 6.45) is 4.31. The zero-order valence-corrected chi connectivity index (χ0v) is 15.7. The van der Waals surface area contributed by atoms with Crippen LogP contribution in [0, 0.1) is 11.3 Å². The number of nitrogens with zero attached hydrogens (tertiary/aromatic N) is 3. The van der Waals surface area contributed by atoms with Crippen molar-refractivity contribution in [2.45, 2.75) is 6.10 Å². The van der Waals surface area contributed by atoms with Crippen molar-refractivity contribution in [1.82, 2.24) is 15.0 Å². The second-order valence-corrected chi connectivity index (χ2v) is 6.38. The standard InChI is InChI=1S/C20H17ClN4O3/c1-28-20-15(3-2-8-25-20)19(27)16(18(26)13-9-23-11-24-10-13)17(22)12-4-6-14(21)7-5-12/h2-11,16,18,22,26H,1H3. The van der Waals surface area contributed by atoms with Crippen LogP contribution in [0.2, 0.25) is 5.02 Å². The number of nitrogens with one attached hydrogen (secondary N) is 1. The number of halogens is 1. The second kappa shape index (κ2) is 8.69. The first kappa shape index (κ1) is 19.6. The van der Waals surface area contributed by atoms with Crippen molar-refractivity contribution in [2.24, 2.45) is 5.92 Å². The Balaban J connectivity index is 2.07. The van der Waals surface area contributed by atoms with Gasteiger partial charge in [-0.1, -0.05) is 23.7 Å². The summed E-state index contributed by atoms with van der Waals surface area (Å²) >= 11 is 5.92. The van der Waals surface area contributed by atoms with Crippen molar-refractivity contribution in [3.05, 3.63) is 83.0 Å². The van der Waals surface area contributed by atoms with Crippen LogP contribution < -0.4 is 4.74 Å². The Bertz CT molecular complexity index is 980. The molecule has 3 rings (SSSR count). The highest BCUT2D eigenvalue weighted by atomic mass is 35.5. The Labute approximate surface area is 166 Å². The highest BCUT2D eigenvalue weighted by Gasteiger charge is 2.35. The normalized spacial score (nSPS) is 12.8. The molecule has 0 aliphatic rings. The molecule has 8 heteroatoms. The maximum Gasteiger partial charge on any atom is 0.224 e. The molecule has 0 fully saturated rings. The molecule has 3 aromatic rings. The van der Waals surface area contributed by atoms with Gasteiger partial charge in [-0.25, -0.2) is 15.0 Å². The van der Waals surface area contributed by atoms with Crippen LogP contribution in [0.4, 0.5) is 0 Å². The lowest BCUT2D eigenvalue weighted by Gasteiger charge is -2.23. The monoisotopic (exact) mass is 396 g/mol. The van der Waals surface area contributed by atoms with E-state index in [4.69, 9.17) is 21.7 Å². The maximum absolute atomic E-state index is 13.3. The molecule has 142 valence electrons. The van der Waals surface area contributed by atoms with E-state index in [9.17, 15) is 9.90 Å². The molecule has 0 radical (unpaired) electrons. The van der Waals surface area contributed by atoms with Gasteiger partial charge in [-0.15, -0.1) is 0 Å². The fourth-order valence-electron chi connectivity index (χ4n) is 2.81. The number of carbonyl (C=O) groups excluding carboxylic acids is 1. The van der Waals surface area contributed by atoms with Gasteiger partial charge in [-0.3, -0.25) is 4.79 Å².